The van der Waals surface area contributed by atoms with E-state index >= 15 is 0 Å². The first kappa shape index (κ1) is 19.3. The van der Waals surface area contributed by atoms with Crippen LogP contribution in [0.4, 0.5) is 0 Å². The molecule has 0 radical (unpaired) electrons. The van der Waals surface area contributed by atoms with Crippen LogP contribution < -0.4 is 4.74 Å². The number of esters is 1. The molecule has 2 rings (SSSR count). The molecule has 0 bridgehead atoms. The lowest BCUT2D eigenvalue weighted by atomic mass is 10.2. The number of hydrogen-bond donors (Lipinski definition) is 0. The Kier molecular flexibility index (Phi) is 6.91. The Morgan fingerprint density at radius 1 is 1.32 bits per heavy atom. The van der Waals surface area contributed by atoms with Gasteiger partial charge in [-0.3, -0.25) is 4.68 Å². The number of benzene rings is 1. The Bertz CT molecular complexity index is 770. The Labute approximate surface area is 157 Å². The number of rotatable bonds is 7. The molecule has 1 aromatic carbocycles. The lowest BCUT2D eigenvalue weighted by Crippen LogP contribution is -2.08. The Morgan fingerprint density at radius 3 is 2.72 bits per heavy atom. The molecule has 0 saturated carbocycles. The summed E-state index contributed by atoms with van der Waals surface area (Å²) in [5.74, 6) is 0.0645. The predicted molar refractivity (Wildman–Crippen MR) is 99.2 cm³/mol. The summed E-state index contributed by atoms with van der Waals surface area (Å²) in [6.45, 7) is 6.34. The van der Waals surface area contributed by atoms with Gasteiger partial charge >= 0.3 is 5.97 Å². The summed E-state index contributed by atoms with van der Waals surface area (Å²) < 4.78 is 12.3. The smallest absolute Gasteiger partial charge is 0.330 e. The highest BCUT2D eigenvalue weighted by molar-refractivity contribution is 6.35. The van der Waals surface area contributed by atoms with Crippen LogP contribution in [-0.2, 0) is 16.1 Å². The molecule has 0 spiro atoms. The predicted octanol–water partition coefficient (Wildman–Crippen LogP) is 4.60. The molecule has 0 amide bonds. The van der Waals surface area contributed by atoms with E-state index in [2.05, 4.69) is 5.10 Å². The lowest BCUT2D eigenvalue weighted by molar-refractivity contribution is -0.137. The quantitative estimate of drug-likeness (QED) is 0.518. The van der Waals surface area contributed by atoms with Gasteiger partial charge in [0, 0.05) is 22.2 Å². The van der Waals surface area contributed by atoms with Crippen LogP contribution in [0, 0.1) is 0 Å². The van der Waals surface area contributed by atoms with Crippen LogP contribution in [0.1, 0.15) is 32.0 Å². The monoisotopic (exact) mass is 382 g/mol. The molecule has 0 aliphatic carbocycles. The fraction of sp³-hybridized carbons (Fsp3) is 0.333. The van der Waals surface area contributed by atoms with Gasteiger partial charge in [-0.2, -0.15) is 0 Å². The van der Waals surface area contributed by atoms with Crippen molar-refractivity contribution < 1.29 is 14.3 Å². The number of carbonyl (C=O) groups excluding carboxylic acids is 1. The number of hydrogen-bond acceptors (Lipinski definition) is 4. The van der Waals surface area contributed by atoms with Crippen molar-refractivity contribution in [3.8, 4) is 5.88 Å². The van der Waals surface area contributed by atoms with Gasteiger partial charge in [-0.05, 0) is 44.5 Å². The maximum Gasteiger partial charge on any atom is 0.330 e. The minimum absolute atomic E-state index is 0.00986. The first-order valence-electron chi connectivity index (χ1n) is 7.92. The third kappa shape index (κ3) is 5.80. The third-order valence-corrected chi connectivity index (χ3v) is 3.74. The van der Waals surface area contributed by atoms with Gasteiger partial charge in [0.15, 0.2) is 0 Å². The van der Waals surface area contributed by atoms with Crippen LogP contribution in [0.3, 0.4) is 0 Å². The Balaban J connectivity index is 2.30. The maximum atomic E-state index is 11.6. The highest BCUT2D eigenvalue weighted by atomic mass is 35.5. The van der Waals surface area contributed by atoms with Crippen LogP contribution in [0.25, 0.3) is 6.08 Å². The van der Waals surface area contributed by atoms with Crippen molar-refractivity contribution in [1.29, 1.82) is 0 Å². The first-order chi connectivity index (χ1) is 11.9. The molecule has 0 fully saturated rings. The van der Waals surface area contributed by atoms with Crippen LogP contribution in [0.2, 0.25) is 10.0 Å². The van der Waals surface area contributed by atoms with E-state index in [1.54, 1.807) is 35.9 Å². The molecule has 0 aliphatic heterocycles. The molecule has 7 heteroatoms. The average molecular weight is 383 g/mol. The van der Waals surface area contributed by atoms with Gasteiger partial charge in [0.2, 0.25) is 5.88 Å². The molecular formula is C18H20Cl2N2O3. The number of carbonyl (C=O) groups is 1. The fourth-order valence-electron chi connectivity index (χ4n) is 2.12. The van der Waals surface area contributed by atoms with Gasteiger partial charge < -0.3 is 9.47 Å². The van der Waals surface area contributed by atoms with E-state index in [0.717, 1.165) is 5.56 Å². The number of aromatic nitrogens is 2. The third-order valence-electron chi connectivity index (χ3n) is 3.16. The summed E-state index contributed by atoms with van der Waals surface area (Å²) in [6, 6.07) is 7.06. The van der Waals surface area contributed by atoms with Gasteiger partial charge in [-0.25, -0.2) is 4.79 Å². The van der Waals surface area contributed by atoms with Gasteiger partial charge in [0.05, 0.1) is 24.9 Å². The molecule has 2 aromatic rings. The van der Waals surface area contributed by atoms with Crippen molar-refractivity contribution >= 4 is 35.2 Å². The summed E-state index contributed by atoms with van der Waals surface area (Å²) in [6.07, 6.45) is 2.99. The second-order valence-electron chi connectivity index (χ2n) is 5.55. The van der Waals surface area contributed by atoms with E-state index in [-0.39, 0.29) is 6.10 Å². The van der Waals surface area contributed by atoms with Crippen molar-refractivity contribution in [2.75, 3.05) is 6.61 Å². The summed E-state index contributed by atoms with van der Waals surface area (Å²) in [4.78, 5) is 11.6. The van der Waals surface area contributed by atoms with Crippen molar-refractivity contribution in [1.82, 2.24) is 9.78 Å². The summed E-state index contributed by atoms with van der Waals surface area (Å²) in [5, 5.41) is 5.55. The van der Waals surface area contributed by atoms with Gasteiger partial charge in [0.25, 0.3) is 0 Å². The standard InChI is InChI=1S/C18H20Cl2N2O3/c1-4-24-18(23)8-7-15-10-17(25-12(2)3)21-22(15)11-13-5-6-14(19)9-16(13)20/h5-10,12H,4,11H2,1-3H3/b8-7+. The van der Waals surface area contributed by atoms with Crippen LogP contribution in [0.5, 0.6) is 5.88 Å². The molecule has 0 saturated heterocycles. The zero-order valence-electron chi connectivity index (χ0n) is 14.3. The SMILES string of the molecule is CCOC(=O)/C=C/c1cc(OC(C)C)nn1Cc1ccc(Cl)cc1Cl. The molecular weight excluding hydrogens is 363 g/mol. The lowest BCUT2D eigenvalue weighted by Gasteiger charge is -2.08. The molecule has 25 heavy (non-hydrogen) atoms. The molecule has 0 atom stereocenters. The largest absolute Gasteiger partial charge is 0.474 e. The molecule has 1 aromatic heterocycles. The van der Waals surface area contributed by atoms with E-state index in [0.29, 0.717) is 34.8 Å². The number of halogens is 2. The van der Waals surface area contributed by atoms with Crippen molar-refractivity contribution in [3.05, 3.63) is 51.6 Å². The van der Waals surface area contributed by atoms with Crippen molar-refractivity contribution in [2.45, 2.75) is 33.4 Å². The number of nitrogens with zero attached hydrogens (tertiary/aromatic N) is 2. The van der Waals surface area contributed by atoms with Gasteiger partial charge in [-0.15, -0.1) is 5.10 Å². The average Bonchev–Trinajstić information content (AvgIpc) is 2.89. The molecule has 0 unspecified atom stereocenters. The van der Waals surface area contributed by atoms with E-state index in [9.17, 15) is 4.79 Å². The second kappa shape index (κ2) is 8.92. The minimum atomic E-state index is -0.411. The summed E-state index contributed by atoms with van der Waals surface area (Å²) >= 11 is 12.2. The first-order valence-corrected chi connectivity index (χ1v) is 8.68. The Hall–Kier alpha value is -1.98. The van der Waals surface area contributed by atoms with Gasteiger partial charge in [-0.1, -0.05) is 29.3 Å². The highest BCUT2D eigenvalue weighted by Crippen LogP contribution is 2.23. The normalized spacial score (nSPS) is 11.3. The molecule has 0 aliphatic rings. The van der Waals surface area contributed by atoms with Crippen LogP contribution in [0.15, 0.2) is 30.3 Å². The topological polar surface area (TPSA) is 53.4 Å². The van der Waals surface area contributed by atoms with Gasteiger partial charge in [0.1, 0.15) is 0 Å². The van der Waals surface area contributed by atoms with E-state index in [4.69, 9.17) is 32.7 Å². The zero-order valence-corrected chi connectivity index (χ0v) is 15.8. The molecule has 1 heterocycles. The zero-order chi connectivity index (χ0) is 18.4. The van der Waals surface area contributed by atoms with Crippen LogP contribution in [-0.4, -0.2) is 28.5 Å². The van der Waals surface area contributed by atoms with E-state index in [1.165, 1.54) is 6.08 Å². The fourth-order valence-corrected chi connectivity index (χ4v) is 2.59. The number of ether oxygens (including phenoxy) is 2. The Morgan fingerprint density at radius 2 is 2.08 bits per heavy atom. The van der Waals surface area contributed by atoms with Crippen molar-refractivity contribution in [3.63, 3.8) is 0 Å². The van der Waals surface area contributed by atoms with E-state index < -0.39 is 5.97 Å². The minimum Gasteiger partial charge on any atom is -0.474 e. The van der Waals surface area contributed by atoms with E-state index in [1.807, 2.05) is 19.9 Å². The molecule has 0 N–H and O–H groups in total. The highest BCUT2D eigenvalue weighted by Gasteiger charge is 2.11. The van der Waals surface area contributed by atoms with Crippen LogP contribution >= 0.6 is 23.2 Å². The summed E-state index contributed by atoms with van der Waals surface area (Å²) in [5.41, 5.74) is 1.56. The molecule has 134 valence electrons. The van der Waals surface area contributed by atoms with Crippen molar-refractivity contribution in [2.24, 2.45) is 0 Å². The maximum absolute atomic E-state index is 11.6. The molecule has 5 nitrogen and oxygen atoms in total. The summed E-state index contributed by atoms with van der Waals surface area (Å²) in [7, 11) is 0. The second-order valence-corrected chi connectivity index (χ2v) is 6.40.